The predicted octanol–water partition coefficient (Wildman–Crippen LogP) is 4.04. The molecule has 0 bridgehead atoms. The highest BCUT2D eigenvalue weighted by atomic mass is 79.9. The number of hydrogen-bond donors (Lipinski definition) is 1. The molecule has 1 aromatic rings. The van der Waals surface area contributed by atoms with E-state index in [4.69, 9.17) is 5.73 Å². The van der Waals surface area contributed by atoms with E-state index in [9.17, 15) is 4.39 Å². The van der Waals surface area contributed by atoms with E-state index in [-0.39, 0.29) is 5.82 Å². The van der Waals surface area contributed by atoms with E-state index in [1.807, 2.05) is 0 Å². The van der Waals surface area contributed by atoms with E-state index in [0.29, 0.717) is 16.1 Å². The van der Waals surface area contributed by atoms with Crippen LogP contribution in [-0.2, 0) is 0 Å². The molecule has 0 spiro atoms. The minimum Gasteiger partial charge on any atom is -0.397 e. The monoisotopic (exact) mass is 302 g/mol. The minimum absolute atomic E-state index is 0.314. The second kappa shape index (κ2) is 6.24. The quantitative estimate of drug-likeness (QED) is 0.832. The highest BCUT2D eigenvalue weighted by molar-refractivity contribution is 9.10. The molecular weight excluding hydrogens is 283 g/mol. The van der Waals surface area contributed by atoms with Gasteiger partial charge in [-0.25, -0.2) is 4.39 Å². The number of nitrogens with zero attached hydrogens (tertiary/aromatic N) is 1. The molecule has 17 heavy (non-hydrogen) atoms. The first-order valence-electron chi connectivity index (χ1n) is 5.99. The Morgan fingerprint density at radius 1 is 1.41 bits per heavy atom. The van der Waals surface area contributed by atoms with Crippen LogP contribution >= 0.6 is 15.9 Å². The first-order chi connectivity index (χ1) is 7.99. The van der Waals surface area contributed by atoms with Gasteiger partial charge in [-0.15, -0.1) is 0 Å². The van der Waals surface area contributed by atoms with Gasteiger partial charge in [-0.2, -0.15) is 0 Å². The summed E-state index contributed by atoms with van der Waals surface area (Å²) in [5.74, 6) is 0.282. The minimum atomic E-state index is -0.314. The molecule has 0 amide bonds. The van der Waals surface area contributed by atoms with Crippen molar-refractivity contribution in [2.75, 3.05) is 23.7 Å². The number of benzene rings is 1. The first-order valence-corrected chi connectivity index (χ1v) is 6.78. The normalized spacial score (nSPS) is 12.5. The zero-order valence-electron chi connectivity index (χ0n) is 10.6. The second-order valence-electron chi connectivity index (χ2n) is 4.38. The lowest BCUT2D eigenvalue weighted by Gasteiger charge is -2.27. The van der Waals surface area contributed by atoms with Gasteiger partial charge < -0.3 is 10.6 Å². The lowest BCUT2D eigenvalue weighted by atomic mass is 10.1. The number of rotatable bonds is 5. The van der Waals surface area contributed by atoms with Gasteiger partial charge in [0, 0.05) is 19.2 Å². The summed E-state index contributed by atoms with van der Waals surface area (Å²) in [6, 6.07) is 3.13. The maximum atomic E-state index is 13.3. The van der Waals surface area contributed by atoms with E-state index >= 15 is 0 Å². The van der Waals surface area contributed by atoms with Crippen molar-refractivity contribution in [2.24, 2.45) is 5.92 Å². The molecule has 0 radical (unpaired) electrons. The molecule has 96 valence electrons. The topological polar surface area (TPSA) is 29.3 Å². The lowest BCUT2D eigenvalue weighted by molar-refractivity contribution is 0.548. The number of nitrogen functional groups attached to an aromatic ring is 1. The third-order valence-electron chi connectivity index (χ3n) is 3.02. The van der Waals surface area contributed by atoms with Crippen molar-refractivity contribution in [1.82, 2.24) is 0 Å². The molecule has 0 fully saturated rings. The molecule has 1 rings (SSSR count). The van der Waals surface area contributed by atoms with Crippen molar-refractivity contribution in [3.8, 4) is 0 Å². The molecule has 1 aromatic carbocycles. The van der Waals surface area contributed by atoms with Crippen LogP contribution < -0.4 is 10.6 Å². The van der Waals surface area contributed by atoms with Crippen molar-refractivity contribution in [2.45, 2.75) is 27.2 Å². The van der Waals surface area contributed by atoms with Crippen LogP contribution in [-0.4, -0.2) is 13.1 Å². The van der Waals surface area contributed by atoms with Gasteiger partial charge >= 0.3 is 0 Å². The Morgan fingerprint density at radius 2 is 2.06 bits per heavy atom. The van der Waals surface area contributed by atoms with Crippen LogP contribution in [0.1, 0.15) is 27.2 Å². The van der Waals surface area contributed by atoms with Gasteiger partial charge in [0.2, 0.25) is 0 Å². The molecular formula is C13H20BrFN2. The number of anilines is 2. The molecule has 1 atom stereocenters. The Bertz CT molecular complexity index is 382. The molecule has 1 unspecified atom stereocenters. The third-order valence-corrected chi connectivity index (χ3v) is 3.63. The Kier molecular flexibility index (Phi) is 5.25. The van der Waals surface area contributed by atoms with Crippen LogP contribution in [0.4, 0.5) is 15.8 Å². The van der Waals surface area contributed by atoms with Crippen LogP contribution in [0, 0.1) is 11.7 Å². The number of nitrogens with two attached hydrogens (primary N) is 1. The van der Waals surface area contributed by atoms with E-state index in [2.05, 4.69) is 41.6 Å². The van der Waals surface area contributed by atoms with Crippen LogP contribution in [0.15, 0.2) is 16.6 Å². The fraction of sp³-hybridized carbons (Fsp3) is 0.538. The van der Waals surface area contributed by atoms with Gasteiger partial charge in [0.15, 0.2) is 0 Å². The zero-order valence-corrected chi connectivity index (χ0v) is 12.2. The molecule has 0 saturated heterocycles. The molecule has 0 saturated carbocycles. The average molecular weight is 303 g/mol. The van der Waals surface area contributed by atoms with Crippen LogP contribution in [0.25, 0.3) is 0 Å². The van der Waals surface area contributed by atoms with E-state index in [0.717, 1.165) is 25.2 Å². The number of hydrogen-bond acceptors (Lipinski definition) is 2. The van der Waals surface area contributed by atoms with Crippen LogP contribution in [0.2, 0.25) is 0 Å². The zero-order chi connectivity index (χ0) is 13.0. The van der Waals surface area contributed by atoms with Crippen molar-refractivity contribution in [1.29, 1.82) is 0 Å². The van der Waals surface area contributed by atoms with E-state index in [1.165, 1.54) is 6.07 Å². The summed E-state index contributed by atoms with van der Waals surface area (Å²) in [6.07, 6.45) is 1.12. The maximum Gasteiger partial charge on any atom is 0.139 e. The maximum absolute atomic E-state index is 13.3. The summed E-state index contributed by atoms with van der Waals surface area (Å²) in [7, 11) is 0. The summed E-state index contributed by atoms with van der Waals surface area (Å²) in [5, 5.41) is 0. The van der Waals surface area contributed by atoms with Gasteiger partial charge in [0.05, 0.1) is 15.8 Å². The lowest BCUT2D eigenvalue weighted by Crippen LogP contribution is -2.28. The summed E-state index contributed by atoms with van der Waals surface area (Å²) < 4.78 is 13.8. The van der Waals surface area contributed by atoms with Gasteiger partial charge in [-0.3, -0.25) is 0 Å². The standard InChI is InChI=1S/C13H20BrFN2/c1-4-9(3)8-17(5-2)13-6-10(14)11(15)7-12(13)16/h6-7,9H,4-5,8,16H2,1-3H3. The molecule has 2 N–H and O–H groups in total. The van der Waals surface area contributed by atoms with Crippen molar-refractivity contribution in [3.63, 3.8) is 0 Å². The summed E-state index contributed by atoms with van der Waals surface area (Å²) in [6.45, 7) is 8.26. The van der Waals surface area contributed by atoms with Gasteiger partial charge in [0.25, 0.3) is 0 Å². The smallest absolute Gasteiger partial charge is 0.139 e. The molecule has 0 aliphatic heterocycles. The largest absolute Gasteiger partial charge is 0.397 e. The van der Waals surface area contributed by atoms with Crippen molar-refractivity contribution >= 4 is 27.3 Å². The fourth-order valence-corrected chi connectivity index (χ4v) is 2.06. The average Bonchev–Trinajstić information content (AvgIpc) is 2.30. The fourth-order valence-electron chi connectivity index (χ4n) is 1.73. The molecule has 2 nitrogen and oxygen atoms in total. The highest BCUT2D eigenvalue weighted by Crippen LogP contribution is 2.30. The third kappa shape index (κ3) is 3.60. The van der Waals surface area contributed by atoms with Crippen LogP contribution in [0.5, 0.6) is 0 Å². The Balaban J connectivity index is 2.99. The van der Waals surface area contributed by atoms with Gasteiger partial charge in [-0.05, 0) is 34.8 Å². The predicted molar refractivity (Wildman–Crippen MR) is 75.9 cm³/mol. The van der Waals surface area contributed by atoms with Crippen molar-refractivity contribution < 1.29 is 4.39 Å². The highest BCUT2D eigenvalue weighted by Gasteiger charge is 2.13. The molecule has 0 heterocycles. The first kappa shape index (κ1) is 14.3. The van der Waals surface area contributed by atoms with Crippen LogP contribution in [0.3, 0.4) is 0 Å². The van der Waals surface area contributed by atoms with Crippen molar-refractivity contribution in [3.05, 3.63) is 22.4 Å². The molecule has 0 aliphatic carbocycles. The van der Waals surface area contributed by atoms with Gasteiger partial charge in [-0.1, -0.05) is 20.3 Å². The summed E-state index contributed by atoms with van der Waals surface area (Å²) >= 11 is 3.20. The Hall–Kier alpha value is -0.770. The second-order valence-corrected chi connectivity index (χ2v) is 5.23. The Morgan fingerprint density at radius 3 is 2.59 bits per heavy atom. The summed E-state index contributed by atoms with van der Waals surface area (Å²) in [5.41, 5.74) is 7.28. The molecule has 0 aliphatic rings. The SMILES string of the molecule is CCC(C)CN(CC)c1cc(Br)c(F)cc1N. The number of halogens is 2. The van der Waals surface area contributed by atoms with E-state index in [1.54, 1.807) is 6.07 Å². The summed E-state index contributed by atoms with van der Waals surface area (Å²) in [4.78, 5) is 2.19. The molecule has 4 heteroatoms. The Labute approximate surface area is 111 Å². The molecule has 0 aromatic heterocycles. The van der Waals surface area contributed by atoms with Gasteiger partial charge in [0.1, 0.15) is 5.82 Å². The van der Waals surface area contributed by atoms with E-state index < -0.39 is 0 Å².